The fourth-order valence-corrected chi connectivity index (χ4v) is 1.88. The van der Waals surface area contributed by atoms with Crippen molar-refractivity contribution in [3.05, 3.63) is 11.6 Å². The van der Waals surface area contributed by atoms with E-state index in [1.807, 2.05) is 0 Å². The van der Waals surface area contributed by atoms with Crippen LogP contribution in [0.1, 0.15) is 26.7 Å². The molecule has 0 unspecified atom stereocenters. The number of piperidine rings is 1. The first-order chi connectivity index (χ1) is 8.69. The highest BCUT2D eigenvalue weighted by atomic mass is 35.5. The predicted molar refractivity (Wildman–Crippen MR) is 74.2 cm³/mol. The third kappa shape index (κ3) is 6.07. The molecule has 19 heavy (non-hydrogen) atoms. The second-order valence-corrected chi connectivity index (χ2v) is 4.11. The van der Waals surface area contributed by atoms with Crippen molar-refractivity contribution in [2.24, 2.45) is 5.92 Å². The van der Waals surface area contributed by atoms with Crippen molar-refractivity contribution in [1.82, 2.24) is 5.32 Å². The molecule has 0 saturated carbocycles. The molecule has 5 nitrogen and oxygen atoms in total. The summed E-state index contributed by atoms with van der Waals surface area (Å²) in [7, 11) is 0. The first-order valence-electron chi connectivity index (χ1n) is 6.45. The van der Waals surface area contributed by atoms with Crippen LogP contribution in [-0.4, -0.2) is 38.2 Å². The Morgan fingerprint density at radius 2 is 1.58 bits per heavy atom. The maximum Gasteiger partial charge on any atom is 0.345 e. The van der Waals surface area contributed by atoms with Gasteiger partial charge in [-0.1, -0.05) is 6.08 Å². The van der Waals surface area contributed by atoms with E-state index in [-0.39, 0.29) is 37.1 Å². The lowest BCUT2D eigenvalue weighted by atomic mass is 9.95. The van der Waals surface area contributed by atoms with E-state index in [9.17, 15) is 9.59 Å². The van der Waals surface area contributed by atoms with Crippen LogP contribution in [0.15, 0.2) is 11.6 Å². The summed E-state index contributed by atoms with van der Waals surface area (Å²) in [5.74, 6) is -0.945. The second-order valence-electron chi connectivity index (χ2n) is 4.11. The molecule has 6 heteroatoms. The van der Waals surface area contributed by atoms with Crippen LogP contribution < -0.4 is 5.32 Å². The first-order valence-corrected chi connectivity index (χ1v) is 6.45. The molecule has 1 fully saturated rings. The van der Waals surface area contributed by atoms with E-state index >= 15 is 0 Å². The van der Waals surface area contributed by atoms with Crippen LogP contribution in [0.2, 0.25) is 0 Å². The van der Waals surface area contributed by atoms with E-state index in [0.717, 1.165) is 25.9 Å². The Hall–Kier alpha value is -1.07. The Balaban J connectivity index is 0.00000324. The molecule has 0 aliphatic carbocycles. The van der Waals surface area contributed by atoms with Crippen LogP contribution in [0.25, 0.3) is 0 Å². The molecule has 1 aliphatic heterocycles. The minimum Gasteiger partial charge on any atom is -0.462 e. The monoisotopic (exact) mass is 291 g/mol. The molecule has 1 rings (SSSR count). The maximum absolute atomic E-state index is 11.7. The van der Waals surface area contributed by atoms with Gasteiger partial charge < -0.3 is 14.8 Å². The molecule has 0 aromatic carbocycles. The van der Waals surface area contributed by atoms with Gasteiger partial charge in [-0.25, -0.2) is 9.59 Å². The normalized spacial score (nSPS) is 15.1. The zero-order valence-electron chi connectivity index (χ0n) is 11.4. The summed E-state index contributed by atoms with van der Waals surface area (Å²) in [6.45, 7) is 5.74. The summed E-state index contributed by atoms with van der Waals surface area (Å²) in [6.07, 6.45) is 3.54. The lowest BCUT2D eigenvalue weighted by Gasteiger charge is -2.20. The summed E-state index contributed by atoms with van der Waals surface area (Å²) in [5, 5.41) is 3.24. The number of hydrogen-bond acceptors (Lipinski definition) is 5. The van der Waals surface area contributed by atoms with Gasteiger partial charge in [0.15, 0.2) is 0 Å². The van der Waals surface area contributed by atoms with Crippen LogP contribution in [0, 0.1) is 5.92 Å². The maximum atomic E-state index is 11.7. The molecular formula is C13H22ClNO4. The van der Waals surface area contributed by atoms with E-state index in [2.05, 4.69) is 5.32 Å². The van der Waals surface area contributed by atoms with Gasteiger partial charge in [0.05, 0.1) is 13.2 Å². The van der Waals surface area contributed by atoms with Crippen molar-refractivity contribution in [2.75, 3.05) is 26.3 Å². The molecule has 0 bridgehead atoms. The van der Waals surface area contributed by atoms with Gasteiger partial charge in [-0.05, 0) is 45.7 Å². The summed E-state index contributed by atoms with van der Waals surface area (Å²) >= 11 is 0. The zero-order chi connectivity index (χ0) is 13.4. The van der Waals surface area contributed by atoms with Crippen molar-refractivity contribution in [2.45, 2.75) is 26.7 Å². The van der Waals surface area contributed by atoms with Crippen molar-refractivity contribution in [1.29, 1.82) is 0 Å². The fourth-order valence-electron chi connectivity index (χ4n) is 1.88. The predicted octanol–water partition coefficient (Wildman–Crippen LogP) is 1.46. The Labute approximate surface area is 120 Å². The Morgan fingerprint density at radius 3 is 2.00 bits per heavy atom. The van der Waals surface area contributed by atoms with Crippen LogP contribution in [-0.2, 0) is 19.1 Å². The number of rotatable bonds is 5. The van der Waals surface area contributed by atoms with Crippen LogP contribution in [0.5, 0.6) is 0 Å². The van der Waals surface area contributed by atoms with Gasteiger partial charge >= 0.3 is 11.9 Å². The van der Waals surface area contributed by atoms with Crippen molar-refractivity contribution < 1.29 is 19.1 Å². The van der Waals surface area contributed by atoms with Gasteiger partial charge in [-0.2, -0.15) is 0 Å². The van der Waals surface area contributed by atoms with Crippen LogP contribution in [0.4, 0.5) is 0 Å². The number of carbonyl (C=O) groups excluding carboxylic acids is 2. The smallest absolute Gasteiger partial charge is 0.345 e. The summed E-state index contributed by atoms with van der Waals surface area (Å²) < 4.78 is 9.78. The molecule has 1 heterocycles. The Kier molecular flexibility index (Phi) is 9.26. The highest BCUT2D eigenvalue weighted by molar-refractivity contribution is 6.14. The van der Waals surface area contributed by atoms with E-state index in [4.69, 9.17) is 9.47 Å². The number of esters is 2. The first kappa shape index (κ1) is 17.9. The SMILES string of the molecule is CCOC(=O)C(=CC1CCNCC1)C(=O)OCC.Cl. The largest absolute Gasteiger partial charge is 0.462 e. The number of carbonyl (C=O) groups is 2. The molecule has 0 radical (unpaired) electrons. The molecule has 1 N–H and O–H groups in total. The standard InChI is InChI=1S/C13H21NO4.ClH/c1-3-17-12(15)11(13(16)18-4-2)9-10-5-7-14-8-6-10;/h9-10,14H,3-8H2,1-2H3;1H. The van der Waals surface area contributed by atoms with Gasteiger partial charge in [0.25, 0.3) is 0 Å². The lowest BCUT2D eigenvalue weighted by molar-refractivity contribution is -0.146. The van der Waals surface area contributed by atoms with Crippen LogP contribution >= 0.6 is 12.4 Å². The third-order valence-electron chi connectivity index (χ3n) is 2.78. The number of ether oxygens (including phenoxy) is 2. The number of nitrogens with one attached hydrogen (secondary N) is 1. The number of allylic oxidation sites excluding steroid dienone is 1. The van der Waals surface area contributed by atoms with E-state index in [1.165, 1.54) is 0 Å². The fraction of sp³-hybridized carbons (Fsp3) is 0.692. The van der Waals surface area contributed by atoms with Gasteiger partial charge in [0, 0.05) is 0 Å². The van der Waals surface area contributed by atoms with Crippen molar-refractivity contribution in [3.8, 4) is 0 Å². The van der Waals surface area contributed by atoms with Crippen molar-refractivity contribution >= 4 is 24.3 Å². The highest BCUT2D eigenvalue weighted by Crippen LogP contribution is 2.17. The molecule has 0 aromatic heterocycles. The zero-order valence-corrected chi connectivity index (χ0v) is 12.3. The highest BCUT2D eigenvalue weighted by Gasteiger charge is 2.23. The number of hydrogen-bond donors (Lipinski definition) is 1. The summed E-state index contributed by atoms with van der Waals surface area (Å²) in [4.78, 5) is 23.5. The third-order valence-corrected chi connectivity index (χ3v) is 2.78. The van der Waals surface area contributed by atoms with Gasteiger partial charge in [0.1, 0.15) is 5.57 Å². The van der Waals surface area contributed by atoms with E-state index < -0.39 is 11.9 Å². The molecule has 1 saturated heterocycles. The van der Waals surface area contributed by atoms with Gasteiger partial charge in [-0.15, -0.1) is 12.4 Å². The summed E-state index contributed by atoms with van der Waals surface area (Å²) in [6, 6.07) is 0. The second kappa shape index (κ2) is 9.81. The lowest BCUT2D eigenvalue weighted by Crippen LogP contribution is -2.28. The molecule has 1 aliphatic rings. The molecule has 110 valence electrons. The summed E-state index contributed by atoms with van der Waals surface area (Å²) in [5.41, 5.74) is 0.0330. The molecular weight excluding hydrogens is 270 g/mol. The quantitative estimate of drug-likeness (QED) is 0.360. The average molecular weight is 292 g/mol. The minimum atomic E-state index is -0.588. The van der Waals surface area contributed by atoms with Crippen LogP contribution in [0.3, 0.4) is 0 Å². The number of halogens is 1. The molecule has 0 aromatic rings. The molecule has 0 atom stereocenters. The van der Waals surface area contributed by atoms with Gasteiger partial charge in [0.2, 0.25) is 0 Å². The molecule has 0 spiro atoms. The Bertz CT molecular complexity index is 305. The average Bonchev–Trinajstić information content (AvgIpc) is 2.37. The van der Waals surface area contributed by atoms with E-state index in [0.29, 0.717) is 0 Å². The Morgan fingerprint density at radius 1 is 1.11 bits per heavy atom. The van der Waals surface area contributed by atoms with Crippen molar-refractivity contribution in [3.63, 3.8) is 0 Å². The topological polar surface area (TPSA) is 64.6 Å². The van der Waals surface area contributed by atoms with E-state index in [1.54, 1.807) is 19.9 Å². The molecule has 0 amide bonds. The minimum absolute atomic E-state index is 0. The van der Waals surface area contributed by atoms with Gasteiger partial charge in [-0.3, -0.25) is 0 Å².